The molecule has 190 valence electrons. The van der Waals surface area contributed by atoms with Crippen molar-refractivity contribution in [2.24, 2.45) is 5.92 Å². The monoisotopic (exact) mass is 515 g/mol. The van der Waals surface area contributed by atoms with E-state index in [1.54, 1.807) is 0 Å². The van der Waals surface area contributed by atoms with E-state index in [4.69, 9.17) is 4.52 Å². The summed E-state index contributed by atoms with van der Waals surface area (Å²) in [6, 6.07) is 8.79. The highest BCUT2D eigenvalue weighted by Crippen LogP contribution is 2.30. The number of sulfonamides is 1. The molecule has 3 aromatic rings. The Labute approximate surface area is 208 Å². The molecule has 1 aliphatic rings. The minimum absolute atomic E-state index is 0.0502. The molecule has 0 saturated carbocycles. The van der Waals surface area contributed by atoms with Crippen molar-refractivity contribution in [2.45, 2.75) is 38.5 Å². The van der Waals surface area contributed by atoms with Crippen molar-refractivity contribution in [3.63, 3.8) is 0 Å². The van der Waals surface area contributed by atoms with Crippen molar-refractivity contribution >= 4 is 33.8 Å². The fraction of sp³-hybridized carbons (Fsp3) is 0.308. The third kappa shape index (κ3) is 5.39. The summed E-state index contributed by atoms with van der Waals surface area (Å²) in [5.74, 6) is -2.00. The molecule has 36 heavy (non-hydrogen) atoms. The van der Waals surface area contributed by atoms with E-state index in [0.717, 1.165) is 23.3 Å². The Morgan fingerprint density at radius 1 is 1.06 bits per heavy atom. The van der Waals surface area contributed by atoms with Crippen LogP contribution in [0, 0.1) is 38.3 Å². The van der Waals surface area contributed by atoms with E-state index in [1.165, 1.54) is 29.4 Å². The first kappa shape index (κ1) is 25.7. The van der Waals surface area contributed by atoms with Crippen LogP contribution < -0.4 is 5.32 Å². The normalized spacial score (nSPS) is 15.5. The lowest BCUT2D eigenvalue weighted by atomic mass is 9.97. The molecular formula is C26H27F2N3O4S. The molecule has 0 bridgehead atoms. The quantitative estimate of drug-likeness (QED) is 0.494. The van der Waals surface area contributed by atoms with Gasteiger partial charge in [-0.05, 0) is 81.2 Å². The molecule has 0 aliphatic carbocycles. The Hall–Kier alpha value is -3.37. The van der Waals surface area contributed by atoms with Crippen LogP contribution in [0.3, 0.4) is 0 Å². The number of anilines is 1. The Balaban J connectivity index is 1.46. The average Bonchev–Trinajstić information content (AvgIpc) is 3.22. The van der Waals surface area contributed by atoms with E-state index in [1.807, 2.05) is 32.0 Å². The zero-order valence-corrected chi connectivity index (χ0v) is 21.0. The van der Waals surface area contributed by atoms with Crippen molar-refractivity contribution in [3.8, 4) is 0 Å². The number of halogens is 2. The maximum Gasteiger partial charge on any atom is 0.248 e. The van der Waals surface area contributed by atoms with Gasteiger partial charge in [0.2, 0.25) is 15.9 Å². The zero-order chi connectivity index (χ0) is 26.0. The molecule has 1 amide bonds. The lowest BCUT2D eigenvalue weighted by Gasteiger charge is -2.30. The molecule has 10 heteroatoms. The van der Waals surface area contributed by atoms with Crippen molar-refractivity contribution in [3.05, 3.63) is 76.2 Å². The average molecular weight is 516 g/mol. The molecule has 1 saturated heterocycles. The van der Waals surface area contributed by atoms with Gasteiger partial charge in [0.15, 0.2) is 10.7 Å². The van der Waals surface area contributed by atoms with Crippen LogP contribution in [0.25, 0.3) is 12.2 Å². The summed E-state index contributed by atoms with van der Waals surface area (Å²) in [7, 11) is -3.98. The maximum absolute atomic E-state index is 14.0. The van der Waals surface area contributed by atoms with Gasteiger partial charge in [0.05, 0.1) is 0 Å². The molecule has 2 aromatic carbocycles. The van der Waals surface area contributed by atoms with Gasteiger partial charge >= 0.3 is 0 Å². The number of hydrogen-bond acceptors (Lipinski definition) is 5. The number of nitrogens with one attached hydrogen (secondary N) is 1. The Morgan fingerprint density at radius 2 is 1.78 bits per heavy atom. The highest BCUT2D eigenvalue weighted by molar-refractivity contribution is 7.89. The van der Waals surface area contributed by atoms with Crippen molar-refractivity contribution in [2.75, 3.05) is 18.4 Å². The van der Waals surface area contributed by atoms with Gasteiger partial charge in [-0.3, -0.25) is 4.79 Å². The highest BCUT2D eigenvalue weighted by atomic mass is 32.2. The Kier molecular flexibility index (Phi) is 7.37. The third-order valence-electron chi connectivity index (χ3n) is 6.41. The van der Waals surface area contributed by atoms with Gasteiger partial charge in [-0.1, -0.05) is 11.2 Å². The van der Waals surface area contributed by atoms with E-state index in [9.17, 15) is 22.0 Å². The number of nitrogens with zero attached hydrogens (tertiary/aromatic N) is 2. The molecule has 0 atom stereocenters. The molecule has 0 unspecified atom stereocenters. The number of benzene rings is 2. The maximum atomic E-state index is 14.0. The van der Waals surface area contributed by atoms with Gasteiger partial charge in [-0.2, -0.15) is 4.31 Å². The molecule has 7 nitrogen and oxygen atoms in total. The van der Waals surface area contributed by atoms with Crippen LogP contribution in [0.2, 0.25) is 0 Å². The smallest absolute Gasteiger partial charge is 0.248 e. The van der Waals surface area contributed by atoms with E-state index >= 15 is 0 Å². The number of piperidine rings is 1. The lowest BCUT2D eigenvalue weighted by molar-refractivity contribution is -0.120. The largest absolute Gasteiger partial charge is 0.355 e. The molecule has 0 radical (unpaired) electrons. The molecule has 1 aliphatic heterocycles. The van der Waals surface area contributed by atoms with Gasteiger partial charge in [0.25, 0.3) is 0 Å². The van der Waals surface area contributed by atoms with E-state index < -0.39 is 21.7 Å². The number of hydrogen-bond donors (Lipinski definition) is 1. The topological polar surface area (TPSA) is 92.5 Å². The number of aryl methyl sites for hydroxylation is 3. The van der Waals surface area contributed by atoms with Crippen LogP contribution in [-0.4, -0.2) is 36.9 Å². The lowest BCUT2D eigenvalue weighted by Crippen LogP contribution is -2.41. The summed E-state index contributed by atoms with van der Waals surface area (Å²) in [4.78, 5) is 12.6. The van der Waals surface area contributed by atoms with Crippen molar-refractivity contribution in [1.82, 2.24) is 9.46 Å². The van der Waals surface area contributed by atoms with Crippen LogP contribution in [0.1, 0.15) is 41.0 Å². The molecular weight excluding hydrogens is 488 g/mol. The second kappa shape index (κ2) is 10.3. The van der Waals surface area contributed by atoms with Crippen LogP contribution in [-0.2, 0) is 14.8 Å². The summed E-state index contributed by atoms with van der Waals surface area (Å²) in [6.45, 7) is 5.80. The van der Waals surface area contributed by atoms with Crippen LogP contribution in [0.4, 0.5) is 14.5 Å². The fourth-order valence-electron chi connectivity index (χ4n) is 4.15. The summed E-state index contributed by atoms with van der Waals surface area (Å²) >= 11 is 0. The molecule has 1 fully saturated rings. The molecule has 2 heterocycles. The Morgan fingerprint density at radius 3 is 2.44 bits per heavy atom. The van der Waals surface area contributed by atoms with Gasteiger partial charge in [-0.15, -0.1) is 0 Å². The number of aromatic nitrogens is 1. The first-order chi connectivity index (χ1) is 17.1. The fourth-order valence-corrected chi connectivity index (χ4v) is 5.87. The number of carbonyl (C=O) groups excluding carboxylic acids is 1. The van der Waals surface area contributed by atoms with Crippen LogP contribution >= 0.6 is 0 Å². The van der Waals surface area contributed by atoms with E-state index in [-0.39, 0.29) is 46.8 Å². The van der Waals surface area contributed by atoms with Crippen LogP contribution in [0.15, 0.2) is 45.8 Å². The second-order valence-corrected chi connectivity index (χ2v) is 10.8. The molecule has 4 rings (SSSR count). The Bertz CT molecular complexity index is 1420. The second-order valence-electron chi connectivity index (χ2n) is 8.93. The SMILES string of the molecule is Cc1ccc(NC(=O)C2CCN(S(=O)(=O)c3c(C)noc3C=Cc3ccc(F)cc3F)CC2)cc1C. The third-order valence-corrected chi connectivity index (χ3v) is 8.46. The van der Waals surface area contributed by atoms with Gasteiger partial charge in [-0.25, -0.2) is 17.2 Å². The first-order valence-electron chi connectivity index (χ1n) is 11.5. The predicted molar refractivity (Wildman–Crippen MR) is 133 cm³/mol. The molecule has 1 N–H and O–H groups in total. The summed E-state index contributed by atoms with van der Waals surface area (Å²) < 4.78 is 60.5. The van der Waals surface area contributed by atoms with Gasteiger partial charge in [0, 0.05) is 36.3 Å². The van der Waals surface area contributed by atoms with E-state index in [2.05, 4.69) is 10.5 Å². The predicted octanol–water partition coefficient (Wildman–Crippen LogP) is 5.09. The van der Waals surface area contributed by atoms with Crippen molar-refractivity contribution in [1.29, 1.82) is 0 Å². The van der Waals surface area contributed by atoms with Gasteiger partial charge in [0.1, 0.15) is 17.3 Å². The minimum atomic E-state index is -3.98. The molecule has 1 aromatic heterocycles. The summed E-state index contributed by atoms with van der Waals surface area (Å²) in [6.07, 6.45) is 3.34. The zero-order valence-electron chi connectivity index (χ0n) is 20.2. The number of carbonyl (C=O) groups is 1. The molecule has 0 spiro atoms. The van der Waals surface area contributed by atoms with Gasteiger partial charge < -0.3 is 9.84 Å². The first-order valence-corrected chi connectivity index (χ1v) is 13.0. The minimum Gasteiger partial charge on any atom is -0.355 e. The summed E-state index contributed by atoms with van der Waals surface area (Å²) in [5.41, 5.74) is 3.16. The number of amides is 1. The summed E-state index contributed by atoms with van der Waals surface area (Å²) in [5, 5.41) is 6.70. The number of rotatable bonds is 6. The van der Waals surface area contributed by atoms with Crippen LogP contribution in [0.5, 0.6) is 0 Å². The van der Waals surface area contributed by atoms with Crippen molar-refractivity contribution < 1.29 is 26.5 Å². The highest BCUT2D eigenvalue weighted by Gasteiger charge is 2.36. The standard InChI is InChI=1S/C26H27F2N3O4S/c1-16-4-8-22(14-17(16)2)29-26(32)20-10-12-31(13-11-20)36(33,34)25-18(3)30-35-24(25)9-6-19-5-7-21(27)15-23(19)28/h4-9,14-15,20H,10-13H2,1-3H3,(H,29,32). The van der Waals surface area contributed by atoms with E-state index in [0.29, 0.717) is 18.5 Å².